The number of unbranched alkanes of at least 4 members (excludes halogenated alkanes) is 28. The van der Waals surface area contributed by atoms with E-state index >= 15 is 0 Å². The summed E-state index contributed by atoms with van der Waals surface area (Å²) in [5, 5.41) is 0. The summed E-state index contributed by atoms with van der Waals surface area (Å²) in [5.41, 5.74) is 0. The number of hydrogen-bond donors (Lipinski definition) is 0. The van der Waals surface area contributed by atoms with Crippen molar-refractivity contribution in [3.05, 3.63) is 122 Å². The van der Waals surface area contributed by atoms with Crippen LogP contribution in [-0.4, -0.2) is 37.2 Å². The van der Waals surface area contributed by atoms with E-state index in [0.717, 1.165) is 128 Å². The molecule has 0 aliphatic heterocycles. The van der Waals surface area contributed by atoms with Crippen LogP contribution in [0.2, 0.25) is 0 Å². The summed E-state index contributed by atoms with van der Waals surface area (Å²) in [6, 6.07) is 0. The number of hydrogen-bond acceptors (Lipinski definition) is 6. The summed E-state index contributed by atoms with van der Waals surface area (Å²) in [5.74, 6) is -0.948. The molecule has 0 aliphatic rings. The summed E-state index contributed by atoms with van der Waals surface area (Å²) in [6.07, 6.45) is 92.0. The molecule has 0 fully saturated rings. The van der Waals surface area contributed by atoms with Crippen LogP contribution in [0.25, 0.3) is 0 Å². The maximum absolute atomic E-state index is 12.9. The minimum Gasteiger partial charge on any atom is -0.462 e. The first-order chi connectivity index (χ1) is 39.0. The molecule has 0 saturated heterocycles. The number of carbonyl (C=O) groups is 3. The smallest absolute Gasteiger partial charge is 0.306 e. The highest BCUT2D eigenvalue weighted by Gasteiger charge is 2.19. The molecule has 0 rings (SSSR count). The van der Waals surface area contributed by atoms with E-state index in [4.69, 9.17) is 14.2 Å². The molecule has 0 radical (unpaired) electrons. The van der Waals surface area contributed by atoms with Gasteiger partial charge in [0.15, 0.2) is 6.10 Å². The molecule has 0 amide bonds. The molecule has 6 heteroatoms. The molecule has 0 aromatic heterocycles. The minimum absolute atomic E-state index is 0.0992. The Labute approximate surface area is 488 Å². The molecule has 79 heavy (non-hydrogen) atoms. The molecule has 0 saturated carbocycles. The fourth-order valence-electron chi connectivity index (χ4n) is 9.02. The van der Waals surface area contributed by atoms with Crippen molar-refractivity contribution >= 4 is 17.9 Å². The summed E-state index contributed by atoms with van der Waals surface area (Å²) < 4.78 is 16.9. The zero-order chi connectivity index (χ0) is 57.1. The van der Waals surface area contributed by atoms with Crippen molar-refractivity contribution in [2.75, 3.05) is 13.2 Å². The van der Waals surface area contributed by atoms with Crippen LogP contribution in [0.5, 0.6) is 0 Å². The molecule has 1 atom stereocenters. The Morgan fingerprint density at radius 2 is 0.494 bits per heavy atom. The third-order valence-corrected chi connectivity index (χ3v) is 14.0. The van der Waals surface area contributed by atoms with E-state index in [1.54, 1.807) is 0 Å². The number of allylic oxidation sites excluding steroid dienone is 20. The highest BCUT2D eigenvalue weighted by molar-refractivity contribution is 5.71. The Morgan fingerprint density at radius 3 is 0.810 bits per heavy atom. The maximum atomic E-state index is 12.9. The molecule has 0 heterocycles. The van der Waals surface area contributed by atoms with E-state index < -0.39 is 6.10 Å². The molecular formula is C73H122O6. The molecule has 0 aliphatic carbocycles. The van der Waals surface area contributed by atoms with Crippen LogP contribution in [0.15, 0.2) is 122 Å². The molecule has 0 bridgehead atoms. The van der Waals surface area contributed by atoms with E-state index in [1.807, 2.05) is 0 Å². The Balaban J connectivity index is 4.46. The maximum Gasteiger partial charge on any atom is 0.306 e. The Hall–Kier alpha value is -4.19. The quantitative estimate of drug-likeness (QED) is 0.0261. The van der Waals surface area contributed by atoms with Crippen molar-refractivity contribution in [2.45, 2.75) is 309 Å². The summed E-state index contributed by atoms with van der Waals surface area (Å²) in [7, 11) is 0. The van der Waals surface area contributed by atoms with Gasteiger partial charge in [0.2, 0.25) is 0 Å². The molecule has 1 unspecified atom stereocenters. The zero-order valence-corrected chi connectivity index (χ0v) is 51.6. The lowest BCUT2D eigenvalue weighted by Crippen LogP contribution is -2.30. The fraction of sp³-hybridized carbons (Fsp3) is 0.685. The Morgan fingerprint density at radius 1 is 0.266 bits per heavy atom. The molecule has 0 spiro atoms. The van der Waals surface area contributed by atoms with Crippen molar-refractivity contribution in [3.8, 4) is 0 Å². The van der Waals surface area contributed by atoms with Crippen molar-refractivity contribution in [2.24, 2.45) is 0 Å². The molecule has 0 aromatic rings. The Bertz CT molecular complexity index is 1640. The van der Waals surface area contributed by atoms with Gasteiger partial charge in [-0.05, 0) is 116 Å². The fourth-order valence-corrected chi connectivity index (χ4v) is 9.02. The molecule has 450 valence electrons. The van der Waals surface area contributed by atoms with E-state index in [2.05, 4.69) is 142 Å². The Kier molecular flexibility index (Phi) is 62.8. The first kappa shape index (κ1) is 74.8. The summed E-state index contributed by atoms with van der Waals surface area (Å²) in [4.78, 5) is 38.4. The average Bonchev–Trinajstić information content (AvgIpc) is 3.45. The predicted molar refractivity (Wildman–Crippen MR) is 343 cm³/mol. The van der Waals surface area contributed by atoms with Gasteiger partial charge < -0.3 is 14.2 Å². The predicted octanol–water partition coefficient (Wildman–Crippen LogP) is 22.8. The highest BCUT2D eigenvalue weighted by Crippen LogP contribution is 2.16. The van der Waals surface area contributed by atoms with Crippen LogP contribution in [0.3, 0.4) is 0 Å². The van der Waals surface area contributed by atoms with Crippen molar-refractivity contribution in [1.29, 1.82) is 0 Å². The average molecular weight is 1100 g/mol. The molecule has 0 N–H and O–H groups in total. The second-order valence-corrected chi connectivity index (χ2v) is 21.6. The number of rotatable bonds is 59. The number of ether oxygens (including phenoxy) is 3. The van der Waals surface area contributed by atoms with Gasteiger partial charge >= 0.3 is 17.9 Å². The summed E-state index contributed by atoms with van der Waals surface area (Å²) >= 11 is 0. The largest absolute Gasteiger partial charge is 0.462 e. The van der Waals surface area contributed by atoms with Gasteiger partial charge in [-0.25, -0.2) is 0 Å². The van der Waals surface area contributed by atoms with Gasteiger partial charge in [-0.2, -0.15) is 0 Å². The third-order valence-electron chi connectivity index (χ3n) is 14.0. The van der Waals surface area contributed by atoms with E-state index in [1.165, 1.54) is 128 Å². The lowest BCUT2D eigenvalue weighted by atomic mass is 10.0. The van der Waals surface area contributed by atoms with Gasteiger partial charge in [0.05, 0.1) is 0 Å². The number of esters is 3. The standard InChI is InChI=1S/C73H122O6/c1-4-7-10-13-16-19-22-25-28-31-33-34-35-36-37-38-39-40-41-43-45-48-51-54-57-60-63-66-72(75)78-69-70(68-77-71(74)65-62-59-56-53-50-47-44-30-27-24-21-18-15-12-9-6-3)79-73(76)67-64-61-58-55-52-49-46-42-32-29-26-23-20-17-14-11-8-5-2/h7,10,16,19,21,24-25,28,30,33-34,36-37,39-40,43-45,51,54,70H,4-6,8-9,11-15,17-18,20,22-23,26-27,29,31-32,35,38,41-42,46-50,52-53,55-69H2,1-3H3/b10-7-,19-16-,24-21-,28-25-,34-33-,37-36-,40-39-,44-30-,45-43-,54-51-. The lowest BCUT2D eigenvalue weighted by Gasteiger charge is -2.18. The highest BCUT2D eigenvalue weighted by atomic mass is 16.6. The monoisotopic (exact) mass is 1090 g/mol. The first-order valence-electron chi connectivity index (χ1n) is 33.0. The van der Waals surface area contributed by atoms with Crippen molar-refractivity contribution < 1.29 is 28.6 Å². The van der Waals surface area contributed by atoms with Crippen molar-refractivity contribution in [3.63, 3.8) is 0 Å². The molecule has 0 aromatic carbocycles. The normalized spacial score (nSPS) is 12.9. The van der Waals surface area contributed by atoms with Crippen molar-refractivity contribution in [1.82, 2.24) is 0 Å². The second kappa shape index (κ2) is 66.3. The van der Waals surface area contributed by atoms with Crippen LogP contribution in [0, 0.1) is 0 Å². The van der Waals surface area contributed by atoms with E-state index in [9.17, 15) is 14.4 Å². The van der Waals surface area contributed by atoms with Gasteiger partial charge in [-0.15, -0.1) is 0 Å². The number of carbonyl (C=O) groups excluding carboxylic acids is 3. The third kappa shape index (κ3) is 64.5. The van der Waals surface area contributed by atoms with Gasteiger partial charge in [-0.1, -0.05) is 290 Å². The lowest BCUT2D eigenvalue weighted by molar-refractivity contribution is -0.167. The van der Waals surface area contributed by atoms with Crippen LogP contribution < -0.4 is 0 Å². The SMILES string of the molecule is CC/C=C\C/C=C\C/C=C\C/C=C\C/C=C\C/C=C\C/C=C\C/C=C\CCCCC(=O)OCC(COC(=O)CCCCCCC/C=C\C/C=C\CCCCCC)OC(=O)CCCCCCCCCCCCCCCCCCCC. The zero-order valence-electron chi connectivity index (χ0n) is 51.6. The van der Waals surface area contributed by atoms with Gasteiger partial charge in [0.25, 0.3) is 0 Å². The first-order valence-corrected chi connectivity index (χ1v) is 33.0. The van der Waals surface area contributed by atoms with Gasteiger partial charge in [0.1, 0.15) is 13.2 Å². The van der Waals surface area contributed by atoms with E-state index in [0.29, 0.717) is 25.7 Å². The van der Waals surface area contributed by atoms with Crippen LogP contribution in [0.1, 0.15) is 303 Å². The minimum atomic E-state index is -0.805. The molecule has 6 nitrogen and oxygen atoms in total. The second-order valence-electron chi connectivity index (χ2n) is 21.6. The van der Waals surface area contributed by atoms with Gasteiger partial charge in [0, 0.05) is 19.3 Å². The van der Waals surface area contributed by atoms with Crippen LogP contribution in [-0.2, 0) is 28.6 Å². The molecular weight excluding hydrogens is 973 g/mol. The topological polar surface area (TPSA) is 78.9 Å². The van der Waals surface area contributed by atoms with Crippen LogP contribution >= 0.6 is 0 Å². The summed E-state index contributed by atoms with van der Waals surface area (Å²) in [6.45, 7) is 6.49. The van der Waals surface area contributed by atoms with Crippen LogP contribution in [0.4, 0.5) is 0 Å². The van der Waals surface area contributed by atoms with Gasteiger partial charge in [-0.3, -0.25) is 14.4 Å². The van der Waals surface area contributed by atoms with E-state index in [-0.39, 0.29) is 31.1 Å².